The van der Waals surface area contributed by atoms with Crippen LogP contribution in [0.4, 0.5) is 0 Å². The summed E-state index contributed by atoms with van der Waals surface area (Å²) in [5, 5.41) is 13.3. The summed E-state index contributed by atoms with van der Waals surface area (Å²) in [5.74, 6) is 0.747. The lowest BCUT2D eigenvalue weighted by Gasteiger charge is -2.05. The molecule has 0 amide bonds. The number of nitrogens with zero attached hydrogens (tertiary/aromatic N) is 3. The van der Waals surface area contributed by atoms with Crippen molar-refractivity contribution in [2.24, 2.45) is 5.16 Å². The van der Waals surface area contributed by atoms with E-state index in [0.29, 0.717) is 28.3 Å². The van der Waals surface area contributed by atoms with Crippen LogP contribution in [0.5, 0.6) is 11.5 Å². The molecule has 29 heavy (non-hydrogen) atoms. The van der Waals surface area contributed by atoms with Crippen LogP contribution in [-0.4, -0.2) is 29.5 Å². The molecule has 0 fully saturated rings. The van der Waals surface area contributed by atoms with Gasteiger partial charge in [0.2, 0.25) is 13.4 Å². The fourth-order valence-corrected chi connectivity index (χ4v) is 2.97. The van der Waals surface area contributed by atoms with E-state index < -0.39 is 5.97 Å². The maximum Gasteiger partial charge on any atom is 0.347 e. The summed E-state index contributed by atoms with van der Waals surface area (Å²) in [6, 6.07) is 13.1. The summed E-state index contributed by atoms with van der Waals surface area (Å²) in [5.41, 5.74) is 3.26. The van der Waals surface area contributed by atoms with Gasteiger partial charge in [-0.3, -0.25) is 0 Å². The molecule has 0 radical (unpaired) electrons. The fraction of sp³-hybridized carbons (Fsp3) is 0.190. The average Bonchev–Trinajstić information content (AvgIpc) is 3.35. The van der Waals surface area contributed by atoms with Crippen molar-refractivity contribution in [3.63, 3.8) is 0 Å². The first-order valence-corrected chi connectivity index (χ1v) is 8.86. The van der Waals surface area contributed by atoms with Gasteiger partial charge in [-0.2, -0.15) is 5.26 Å². The van der Waals surface area contributed by atoms with Gasteiger partial charge in [-0.15, -0.1) is 0 Å². The van der Waals surface area contributed by atoms with E-state index in [0.717, 1.165) is 11.1 Å². The summed E-state index contributed by atoms with van der Waals surface area (Å²) in [6.45, 7) is 1.60. The Balaban J connectivity index is 1.32. The van der Waals surface area contributed by atoms with Crippen molar-refractivity contribution in [3.05, 3.63) is 65.5 Å². The molecule has 3 heterocycles. The molecule has 1 aromatic carbocycles. The zero-order chi connectivity index (χ0) is 20.2. The number of hydrogen-bond donors (Lipinski definition) is 0. The van der Waals surface area contributed by atoms with Crippen molar-refractivity contribution in [3.8, 4) is 17.6 Å². The molecule has 8 heteroatoms. The fourth-order valence-electron chi connectivity index (χ4n) is 2.97. The minimum absolute atomic E-state index is 0.0162. The Morgan fingerprint density at radius 3 is 3.00 bits per heavy atom. The number of aromatic nitrogens is 1. The maximum absolute atomic E-state index is 12.0. The van der Waals surface area contributed by atoms with Crippen LogP contribution in [0.3, 0.4) is 0 Å². The Morgan fingerprint density at radius 1 is 1.28 bits per heavy atom. The second-order valence-electron chi connectivity index (χ2n) is 6.31. The van der Waals surface area contributed by atoms with Crippen LogP contribution in [0.25, 0.3) is 5.52 Å². The molecule has 8 nitrogen and oxygen atoms in total. The van der Waals surface area contributed by atoms with Gasteiger partial charge in [-0.25, -0.2) is 4.79 Å². The van der Waals surface area contributed by atoms with E-state index in [1.807, 2.05) is 34.9 Å². The molecule has 1 aliphatic heterocycles. The van der Waals surface area contributed by atoms with Gasteiger partial charge in [0.05, 0.1) is 16.8 Å². The van der Waals surface area contributed by atoms with Crippen molar-refractivity contribution in [1.29, 1.82) is 5.26 Å². The number of carbonyl (C=O) groups excluding carboxylic acids is 1. The van der Waals surface area contributed by atoms with Gasteiger partial charge in [0.15, 0.2) is 11.5 Å². The Hall–Kier alpha value is -3.99. The summed E-state index contributed by atoms with van der Waals surface area (Å²) in [4.78, 5) is 17.1. The SMILES string of the molecule is CC(=NOCC(=O)OCc1cn2ccccc2c1C#N)c1ccc2c(c1)OCO2. The minimum Gasteiger partial charge on any atom is -0.458 e. The molecular weight excluding hydrogens is 374 g/mol. The second-order valence-corrected chi connectivity index (χ2v) is 6.31. The summed E-state index contributed by atoms with van der Waals surface area (Å²) >= 11 is 0. The number of oxime groups is 1. The van der Waals surface area contributed by atoms with Crippen molar-refractivity contribution < 1.29 is 23.8 Å². The number of rotatable bonds is 6. The quantitative estimate of drug-likeness (QED) is 0.364. The molecule has 4 rings (SSSR count). The van der Waals surface area contributed by atoms with Crippen LogP contribution in [-0.2, 0) is 21.0 Å². The highest BCUT2D eigenvalue weighted by Gasteiger charge is 2.15. The van der Waals surface area contributed by atoms with Gasteiger partial charge in [0.1, 0.15) is 12.7 Å². The number of fused-ring (bicyclic) bond motifs is 2. The molecule has 2 aromatic heterocycles. The smallest absolute Gasteiger partial charge is 0.347 e. The molecular formula is C21H17N3O5. The van der Waals surface area contributed by atoms with Crippen LogP contribution < -0.4 is 9.47 Å². The van der Waals surface area contributed by atoms with E-state index in [-0.39, 0.29) is 20.0 Å². The first-order chi connectivity index (χ1) is 14.2. The topological polar surface area (TPSA) is 94.6 Å². The zero-order valence-electron chi connectivity index (χ0n) is 15.6. The average molecular weight is 391 g/mol. The predicted octanol–water partition coefficient (Wildman–Crippen LogP) is 3.02. The molecule has 0 saturated carbocycles. The highest BCUT2D eigenvalue weighted by Crippen LogP contribution is 2.32. The first kappa shape index (κ1) is 18.4. The second kappa shape index (κ2) is 7.94. The largest absolute Gasteiger partial charge is 0.458 e. The van der Waals surface area contributed by atoms with E-state index in [2.05, 4.69) is 11.2 Å². The molecule has 0 spiro atoms. The molecule has 1 aliphatic rings. The van der Waals surface area contributed by atoms with Crippen molar-refractivity contribution >= 4 is 17.2 Å². The number of esters is 1. The minimum atomic E-state index is -0.577. The van der Waals surface area contributed by atoms with Crippen LogP contribution >= 0.6 is 0 Å². The van der Waals surface area contributed by atoms with E-state index in [9.17, 15) is 10.1 Å². The van der Waals surface area contributed by atoms with Gasteiger partial charge >= 0.3 is 5.97 Å². The lowest BCUT2D eigenvalue weighted by Crippen LogP contribution is -2.11. The monoisotopic (exact) mass is 391 g/mol. The van der Waals surface area contributed by atoms with E-state index in [1.54, 1.807) is 25.3 Å². The first-order valence-electron chi connectivity index (χ1n) is 8.86. The van der Waals surface area contributed by atoms with Crippen molar-refractivity contribution in [1.82, 2.24) is 4.40 Å². The van der Waals surface area contributed by atoms with Gasteiger partial charge in [0.25, 0.3) is 0 Å². The Morgan fingerprint density at radius 2 is 2.14 bits per heavy atom. The highest BCUT2D eigenvalue weighted by molar-refractivity contribution is 5.99. The van der Waals surface area contributed by atoms with Gasteiger partial charge in [0, 0.05) is 23.5 Å². The molecule has 0 atom stereocenters. The third-order valence-corrected chi connectivity index (χ3v) is 4.44. The van der Waals surface area contributed by atoms with Crippen LogP contribution in [0.1, 0.15) is 23.6 Å². The van der Waals surface area contributed by atoms with Crippen LogP contribution in [0, 0.1) is 11.3 Å². The van der Waals surface area contributed by atoms with Crippen molar-refractivity contribution in [2.75, 3.05) is 13.4 Å². The maximum atomic E-state index is 12.0. The third kappa shape index (κ3) is 3.84. The zero-order valence-corrected chi connectivity index (χ0v) is 15.6. The highest BCUT2D eigenvalue weighted by atomic mass is 16.7. The lowest BCUT2D eigenvalue weighted by molar-refractivity contribution is -0.150. The number of ether oxygens (including phenoxy) is 3. The number of carbonyl (C=O) groups is 1. The number of benzene rings is 1. The Labute approximate surface area is 166 Å². The molecule has 146 valence electrons. The van der Waals surface area contributed by atoms with Gasteiger partial charge in [-0.05, 0) is 37.3 Å². The van der Waals surface area contributed by atoms with Crippen LogP contribution in [0.2, 0.25) is 0 Å². The Bertz CT molecular complexity index is 1140. The summed E-state index contributed by atoms with van der Waals surface area (Å²) in [6.07, 6.45) is 3.60. The van der Waals surface area contributed by atoms with Gasteiger partial charge < -0.3 is 23.4 Å². The number of hydrogen-bond acceptors (Lipinski definition) is 7. The van der Waals surface area contributed by atoms with Crippen LogP contribution in [0.15, 0.2) is 53.9 Å². The predicted molar refractivity (Wildman–Crippen MR) is 103 cm³/mol. The third-order valence-electron chi connectivity index (χ3n) is 4.44. The number of nitriles is 1. The molecule has 0 aliphatic carbocycles. The summed E-state index contributed by atoms with van der Waals surface area (Å²) < 4.78 is 17.6. The van der Waals surface area contributed by atoms with Gasteiger partial charge in [-0.1, -0.05) is 11.2 Å². The van der Waals surface area contributed by atoms with E-state index in [4.69, 9.17) is 19.0 Å². The van der Waals surface area contributed by atoms with Crippen molar-refractivity contribution in [2.45, 2.75) is 13.5 Å². The molecule has 0 bridgehead atoms. The number of pyridine rings is 1. The Kier molecular flexibility index (Phi) is 5.03. The van der Waals surface area contributed by atoms with E-state index >= 15 is 0 Å². The molecule has 3 aromatic rings. The standard InChI is InChI=1S/C21H17N3O5/c1-14(15-5-6-19-20(8-15)28-13-27-19)23-29-12-21(25)26-11-16-10-24-7-3-2-4-18(24)17(16)9-22/h2-8,10H,11-13H2,1H3. The normalized spacial score (nSPS) is 12.6. The summed E-state index contributed by atoms with van der Waals surface area (Å²) in [7, 11) is 0. The van der Waals surface area contributed by atoms with E-state index in [1.165, 1.54) is 0 Å². The molecule has 0 saturated heterocycles. The molecule has 0 unspecified atom stereocenters. The lowest BCUT2D eigenvalue weighted by atomic mass is 10.1. The molecule has 0 N–H and O–H groups in total.